The average Bonchev–Trinajstić information content (AvgIpc) is 3.49. The summed E-state index contributed by atoms with van der Waals surface area (Å²) in [4.78, 5) is 7.40. The first-order valence-electron chi connectivity index (χ1n) is 13.5. The minimum absolute atomic E-state index is 0.00451. The number of aromatic nitrogens is 3. The molecule has 4 aromatic rings. The van der Waals surface area contributed by atoms with Crippen LogP contribution >= 0.6 is 23.2 Å². The predicted octanol–water partition coefficient (Wildman–Crippen LogP) is 7.79. The van der Waals surface area contributed by atoms with Crippen molar-refractivity contribution >= 4 is 39.9 Å². The van der Waals surface area contributed by atoms with E-state index < -0.39 is 0 Å². The summed E-state index contributed by atoms with van der Waals surface area (Å²) in [7, 11) is 0.00451. The molecule has 1 aliphatic heterocycles. The molecule has 1 saturated carbocycles. The molecule has 1 fully saturated rings. The predicted molar refractivity (Wildman–Crippen MR) is 150 cm³/mol. The monoisotopic (exact) mass is 553 g/mol. The van der Waals surface area contributed by atoms with Crippen LogP contribution in [-0.2, 0) is 9.47 Å². The second-order valence-corrected chi connectivity index (χ2v) is 10.8. The van der Waals surface area contributed by atoms with Crippen LogP contribution in [-0.4, -0.2) is 34.6 Å². The number of methoxy groups -OCH3 is 1. The molecule has 7 nitrogen and oxygen atoms in total. The maximum absolute atomic E-state index is 7.45. The first-order chi connectivity index (χ1) is 18.9. The molecule has 198 valence electrons. The molecule has 2 aromatic heterocycles. The van der Waals surface area contributed by atoms with Crippen molar-refractivity contribution < 1.29 is 15.4 Å². The van der Waals surface area contributed by atoms with Crippen molar-refractivity contribution in [3.63, 3.8) is 0 Å². The van der Waals surface area contributed by atoms with E-state index in [1.807, 2.05) is 32.1 Å². The highest BCUT2D eigenvalue weighted by molar-refractivity contribution is 6.42. The number of rotatable bonds is 5. The third kappa shape index (κ3) is 4.46. The molecule has 0 spiro atoms. The Morgan fingerprint density at radius 1 is 1.05 bits per heavy atom. The molecule has 0 bridgehead atoms. The molecule has 0 unspecified atom stereocenters. The second kappa shape index (κ2) is 10.3. The Hall–Kier alpha value is -3.00. The van der Waals surface area contributed by atoms with Crippen molar-refractivity contribution in [2.75, 3.05) is 18.7 Å². The fraction of sp³-hybridized carbons (Fsp3) is 0.379. The minimum atomic E-state index is -0.173. The van der Waals surface area contributed by atoms with Gasteiger partial charge in [0.05, 0.1) is 40.5 Å². The van der Waals surface area contributed by atoms with E-state index in [1.54, 1.807) is 12.3 Å². The summed E-state index contributed by atoms with van der Waals surface area (Å²) in [6, 6.07) is 12.1. The number of hydrogen-bond donors (Lipinski definition) is 0. The Bertz CT molecular complexity index is 1510. The van der Waals surface area contributed by atoms with Gasteiger partial charge in [0.15, 0.2) is 6.73 Å². The Balaban J connectivity index is 1.47. The average molecular weight is 554 g/mol. The van der Waals surface area contributed by atoms with Gasteiger partial charge in [-0.1, -0.05) is 34.4 Å². The van der Waals surface area contributed by atoms with Crippen molar-refractivity contribution in [1.29, 1.82) is 0 Å². The molecule has 6 rings (SSSR count). The number of fused-ring (bicyclic) bond motifs is 1. The van der Waals surface area contributed by atoms with Crippen molar-refractivity contribution in [2.45, 2.75) is 57.7 Å². The van der Waals surface area contributed by atoms with Gasteiger partial charge in [-0.3, -0.25) is 0 Å². The third-order valence-corrected chi connectivity index (χ3v) is 8.43. The normalized spacial score (nSPS) is 22.1. The molecule has 1 atom stereocenters. The van der Waals surface area contributed by atoms with E-state index >= 15 is 0 Å². The maximum atomic E-state index is 7.45. The van der Waals surface area contributed by atoms with Gasteiger partial charge in [-0.2, -0.15) is 0 Å². The SMILES string of the molecule is [2H]COC1CCC(n2c([C@@H]3C=COCN3c3ccc(Cl)c(Cl)c3)nc3cc(-c4c(C)noc4C)ccc32)CC1. The Morgan fingerprint density at radius 3 is 2.63 bits per heavy atom. The van der Waals surface area contributed by atoms with E-state index in [4.69, 9.17) is 43.6 Å². The van der Waals surface area contributed by atoms with E-state index in [0.29, 0.717) is 16.8 Å². The molecule has 1 aliphatic carbocycles. The Kier molecular flexibility index (Phi) is 6.51. The molecule has 2 aromatic carbocycles. The lowest BCUT2D eigenvalue weighted by atomic mass is 9.92. The minimum Gasteiger partial charge on any atom is -0.481 e. The number of benzene rings is 2. The van der Waals surface area contributed by atoms with Crippen LogP contribution < -0.4 is 4.90 Å². The zero-order chi connectivity index (χ0) is 27.1. The number of halogens is 2. The van der Waals surface area contributed by atoms with Crippen LogP contribution in [0.2, 0.25) is 10.0 Å². The van der Waals surface area contributed by atoms with Gasteiger partial charge >= 0.3 is 0 Å². The molecule has 0 saturated heterocycles. The molecule has 0 radical (unpaired) electrons. The molecule has 2 aliphatic rings. The van der Waals surface area contributed by atoms with Gasteiger partial charge in [-0.15, -0.1) is 0 Å². The summed E-state index contributed by atoms with van der Waals surface area (Å²) in [5.41, 5.74) is 5.80. The van der Waals surface area contributed by atoms with Gasteiger partial charge in [-0.05, 0) is 81.5 Å². The van der Waals surface area contributed by atoms with E-state index in [9.17, 15) is 0 Å². The van der Waals surface area contributed by atoms with Crippen molar-refractivity contribution in [2.24, 2.45) is 0 Å². The largest absolute Gasteiger partial charge is 0.481 e. The van der Waals surface area contributed by atoms with Crippen molar-refractivity contribution in [1.82, 2.24) is 14.7 Å². The number of hydrogen-bond acceptors (Lipinski definition) is 6. The van der Waals surface area contributed by atoms with Crippen molar-refractivity contribution in [3.05, 3.63) is 76.1 Å². The fourth-order valence-electron chi connectivity index (χ4n) is 5.79. The highest BCUT2D eigenvalue weighted by Crippen LogP contribution is 2.40. The van der Waals surface area contributed by atoms with Gasteiger partial charge in [-0.25, -0.2) is 4.98 Å². The Morgan fingerprint density at radius 2 is 1.89 bits per heavy atom. The van der Waals surface area contributed by atoms with Crippen molar-refractivity contribution in [3.8, 4) is 11.1 Å². The zero-order valence-corrected chi connectivity index (χ0v) is 22.9. The van der Waals surface area contributed by atoms with Gasteiger partial charge in [0.2, 0.25) is 0 Å². The number of imidazole rings is 1. The van der Waals surface area contributed by atoms with Crippen LogP contribution in [0.5, 0.6) is 0 Å². The smallest absolute Gasteiger partial charge is 0.161 e. The quantitative estimate of drug-likeness (QED) is 0.251. The van der Waals surface area contributed by atoms with E-state index in [0.717, 1.165) is 70.8 Å². The Labute approximate surface area is 233 Å². The van der Waals surface area contributed by atoms with Gasteiger partial charge in [0, 0.05) is 24.4 Å². The summed E-state index contributed by atoms with van der Waals surface area (Å²) >= 11 is 12.6. The molecule has 0 amide bonds. The number of ether oxygens (including phenoxy) is 2. The molecule has 3 heterocycles. The summed E-state index contributed by atoms with van der Waals surface area (Å²) < 4.78 is 26.7. The summed E-state index contributed by atoms with van der Waals surface area (Å²) in [6.45, 7) is 4.25. The molecule has 38 heavy (non-hydrogen) atoms. The second-order valence-electron chi connectivity index (χ2n) is 9.98. The summed E-state index contributed by atoms with van der Waals surface area (Å²) in [6.07, 6.45) is 7.66. The highest BCUT2D eigenvalue weighted by atomic mass is 35.5. The first kappa shape index (κ1) is 24.1. The van der Waals surface area contributed by atoms with E-state index in [1.165, 1.54) is 0 Å². The van der Waals surface area contributed by atoms with Gasteiger partial charge < -0.3 is 23.5 Å². The number of nitrogens with zero attached hydrogens (tertiary/aromatic N) is 4. The lowest BCUT2D eigenvalue weighted by molar-refractivity contribution is 0.0584. The topological polar surface area (TPSA) is 65.6 Å². The molecular weight excluding hydrogens is 523 g/mol. The standard InChI is InChI=1S/C29H30Cl2N4O3/c1-17-28(18(2)38-33-17)19-4-11-26-25(14-19)32-29(35(26)20-5-8-22(36-3)9-6-20)27-12-13-37-16-34(27)21-7-10-23(30)24(31)15-21/h4,7,10-15,20,22,27H,5-6,8-9,16H2,1-3H3/t20?,22?,27-/m0/s1/i3D. The van der Waals surface area contributed by atoms with E-state index in [2.05, 4.69) is 32.8 Å². The van der Waals surface area contributed by atoms with E-state index in [-0.39, 0.29) is 25.3 Å². The van der Waals surface area contributed by atoms with Crippen LogP contribution in [0.4, 0.5) is 5.69 Å². The number of aryl methyl sites for hydroxylation is 2. The molecule has 0 N–H and O–H groups in total. The number of anilines is 1. The van der Waals surface area contributed by atoms with Gasteiger partial charge in [0.25, 0.3) is 0 Å². The molecular formula is C29H30Cl2N4O3. The summed E-state index contributed by atoms with van der Waals surface area (Å²) in [5, 5.41) is 5.15. The van der Waals surface area contributed by atoms with Gasteiger partial charge in [0.1, 0.15) is 17.6 Å². The zero-order valence-electron chi connectivity index (χ0n) is 22.4. The summed E-state index contributed by atoms with van der Waals surface area (Å²) in [5.74, 6) is 1.73. The first-order valence-corrected chi connectivity index (χ1v) is 13.6. The maximum Gasteiger partial charge on any atom is 0.161 e. The van der Waals surface area contributed by atoms with Crippen LogP contribution in [0.25, 0.3) is 22.2 Å². The fourth-order valence-corrected chi connectivity index (χ4v) is 6.08. The van der Waals surface area contributed by atoms with Crippen LogP contribution in [0, 0.1) is 13.8 Å². The van der Waals surface area contributed by atoms with Crippen LogP contribution in [0.3, 0.4) is 0 Å². The molecule has 9 heteroatoms. The lowest BCUT2D eigenvalue weighted by Crippen LogP contribution is -2.34. The van der Waals surface area contributed by atoms with Crippen LogP contribution in [0.1, 0.15) is 56.4 Å². The lowest BCUT2D eigenvalue weighted by Gasteiger charge is -2.36. The van der Waals surface area contributed by atoms with Crippen LogP contribution in [0.15, 0.2) is 53.3 Å². The highest BCUT2D eigenvalue weighted by Gasteiger charge is 2.32. The third-order valence-electron chi connectivity index (χ3n) is 7.69.